The van der Waals surface area contributed by atoms with E-state index in [4.69, 9.17) is 14.6 Å². The van der Waals surface area contributed by atoms with E-state index in [1.807, 2.05) is 37.3 Å². The van der Waals surface area contributed by atoms with Crippen molar-refractivity contribution in [2.45, 2.75) is 26.2 Å². The fraction of sp³-hybridized carbons (Fsp3) is 0.417. The largest absolute Gasteiger partial charge is 0.477 e. The maximum absolute atomic E-state index is 10.8. The van der Waals surface area contributed by atoms with Crippen molar-refractivity contribution < 1.29 is 19.4 Å². The van der Waals surface area contributed by atoms with E-state index in [0.29, 0.717) is 6.61 Å². The Morgan fingerprint density at radius 2 is 2.00 bits per heavy atom. The number of carbonyl (C=O) groups is 1. The lowest BCUT2D eigenvalue weighted by atomic mass is 10.2. The molecule has 0 fully saturated rings. The van der Waals surface area contributed by atoms with Crippen LogP contribution in [0.2, 0.25) is 0 Å². The molecule has 16 heavy (non-hydrogen) atoms. The molecule has 0 heterocycles. The van der Waals surface area contributed by atoms with Crippen molar-refractivity contribution in [3.8, 4) is 0 Å². The van der Waals surface area contributed by atoms with Gasteiger partial charge in [0.25, 0.3) is 6.29 Å². The van der Waals surface area contributed by atoms with Crippen LogP contribution in [-0.4, -0.2) is 24.0 Å². The number of carboxylic acids is 1. The minimum atomic E-state index is -1.18. The molecule has 0 saturated heterocycles. The fourth-order valence-electron chi connectivity index (χ4n) is 1.16. The first kappa shape index (κ1) is 12.7. The van der Waals surface area contributed by atoms with Crippen LogP contribution in [0.1, 0.15) is 18.9 Å². The Morgan fingerprint density at radius 3 is 2.56 bits per heavy atom. The molecule has 0 bridgehead atoms. The summed E-state index contributed by atoms with van der Waals surface area (Å²) >= 11 is 0. The van der Waals surface area contributed by atoms with Gasteiger partial charge in [-0.25, -0.2) is 4.79 Å². The van der Waals surface area contributed by atoms with Gasteiger partial charge in [0.15, 0.2) is 0 Å². The minimum absolute atomic E-state index is 0.238. The van der Waals surface area contributed by atoms with Crippen molar-refractivity contribution in [2.24, 2.45) is 0 Å². The van der Waals surface area contributed by atoms with Gasteiger partial charge in [-0.2, -0.15) is 0 Å². The van der Waals surface area contributed by atoms with Gasteiger partial charge in [0.1, 0.15) is 0 Å². The monoisotopic (exact) mass is 224 g/mol. The van der Waals surface area contributed by atoms with E-state index in [9.17, 15) is 4.79 Å². The van der Waals surface area contributed by atoms with E-state index in [0.717, 1.165) is 12.0 Å². The maximum atomic E-state index is 10.8. The van der Waals surface area contributed by atoms with Crippen LogP contribution in [0.3, 0.4) is 0 Å². The molecule has 0 saturated carbocycles. The van der Waals surface area contributed by atoms with Gasteiger partial charge < -0.3 is 14.6 Å². The van der Waals surface area contributed by atoms with Gasteiger partial charge in [-0.3, -0.25) is 0 Å². The van der Waals surface area contributed by atoms with E-state index in [1.54, 1.807) is 0 Å². The zero-order valence-electron chi connectivity index (χ0n) is 9.26. The molecule has 0 aliphatic rings. The molecule has 0 aliphatic heterocycles. The second-order valence-corrected chi connectivity index (χ2v) is 3.34. The second kappa shape index (κ2) is 6.98. The lowest BCUT2D eigenvalue weighted by Gasteiger charge is -2.13. The lowest BCUT2D eigenvalue weighted by Crippen LogP contribution is -2.27. The molecular formula is C12H16O4. The van der Waals surface area contributed by atoms with E-state index in [1.165, 1.54) is 0 Å². The molecule has 4 nitrogen and oxygen atoms in total. The zero-order valence-corrected chi connectivity index (χ0v) is 9.26. The third kappa shape index (κ3) is 4.42. The molecule has 1 aromatic rings. The molecule has 0 aromatic heterocycles. The number of aliphatic carboxylic acids is 1. The highest BCUT2D eigenvalue weighted by Crippen LogP contribution is 2.05. The maximum Gasteiger partial charge on any atom is 0.361 e. The summed E-state index contributed by atoms with van der Waals surface area (Å²) in [7, 11) is 0. The molecule has 0 spiro atoms. The fourth-order valence-corrected chi connectivity index (χ4v) is 1.16. The van der Waals surface area contributed by atoms with Crippen LogP contribution in [-0.2, 0) is 20.9 Å². The molecule has 1 N–H and O–H groups in total. The molecule has 1 aromatic carbocycles. The standard InChI is InChI=1S/C12H16O4/c1-2-8-15-12(11(13)14)16-9-10-6-4-3-5-7-10/h3-7,12H,2,8-9H2,1H3,(H,13,14). The summed E-state index contributed by atoms with van der Waals surface area (Å²) in [6.45, 7) is 2.53. The van der Waals surface area contributed by atoms with Crippen molar-refractivity contribution >= 4 is 5.97 Å². The van der Waals surface area contributed by atoms with Gasteiger partial charge in [0.2, 0.25) is 0 Å². The van der Waals surface area contributed by atoms with Gasteiger partial charge in [-0.15, -0.1) is 0 Å². The quantitative estimate of drug-likeness (QED) is 0.720. The van der Waals surface area contributed by atoms with Gasteiger partial charge in [0.05, 0.1) is 13.2 Å². The van der Waals surface area contributed by atoms with Crippen LogP contribution in [0.15, 0.2) is 30.3 Å². The van der Waals surface area contributed by atoms with Crippen LogP contribution >= 0.6 is 0 Å². The average Bonchev–Trinajstić information content (AvgIpc) is 2.30. The molecule has 0 amide bonds. The van der Waals surface area contributed by atoms with Gasteiger partial charge in [-0.05, 0) is 12.0 Å². The summed E-state index contributed by atoms with van der Waals surface area (Å²) in [6, 6.07) is 9.39. The highest BCUT2D eigenvalue weighted by Gasteiger charge is 2.17. The normalized spacial score (nSPS) is 12.3. The van der Waals surface area contributed by atoms with Gasteiger partial charge in [-0.1, -0.05) is 37.3 Å². The van der Waals surface area contributed by atoms with Crippen molar-refractivity contribution in [1.29, 1.82) is 0 Å². The smallest absolute Gasteiger partial charge is 0.361 e. The Balaban J connectivity index is 2.41. The third-order valence-corrected chi connectivity index (χ3v) is 1.92. The Labute approximate surface area is 94.8 Å². The molecule has 0 aliphatic carbocycles. The van der Waals surface area contributed by atoms with Crippen molar-refractivity contribution in [2.75, 3.05) is 6.61 Å². The van der Waals surface area contributed by atoms with Crippen LogP contribution in [0.25, 0.3) is 0 Å². The first-order chi connectivity index (χ1) is 7.74. The van der Waals surface area contributed by atoms with Crippen LogP contribution in [0, 0.1) is 0 Å². The molecular weight excluding hydrogens is 208 g/mol. The van der Waals surface area contributed by atoms with E-state index < -0.39 is 12.3 Å². The molecule has 4 heteroatoms. The summed E-state index contributed by atoms with van der Waals surface area (Å²) in [4.78, 5) is 10.8. The Morgan fingerprint density at radius 1 is 1.31 bits per heavy atom. The number of ether oxygens (including phenoxy) is 2. The van der Waals surface area contributed by atoms with E-state index in [-0.39, 0.29) is 6.61 Å². The molecule has 88 valence electrons. The Bertz CT molecular complexity index is 310. The van der Waals surface area contributed by atoms with Crippen molar-refractivity contribution in [3.63, 3.8) is 0 Å². The summed E-state index contributed by atoms with van der Waals surface area (Å²) in [5.74, 6) is -1.09. The Kier molecular flexibility index (Phi) is 5.53. The predicted molar refractivity (Wildman–Crippen MR) is 58.9 cm³/mol. The lowest BCUT2D eigenvalue weighted by molar-refractivity contribution is -0.192. The topological polar surface area (TPSA) is 55.8 Å². The van der Waals surface area contributed by atoms with Crippen LogP contribution in [0.5, 0.6) is 0 Å². The molecule has 0 radical (unpaired) electrons. The van der Waals surface area contributed by atoms with Crippen LogP contribution < -0.4 is 0 Å². The highest BCUT2D eigenvalue weighted by atomic mass is 16.7. The van der Waals surface area contributed by atoms with E-state index in [2.05, 4.69) is 0 Å². The summed E-state index contributed by atoms with van der Waals surface area (Å²) < 4.78 is 10.2. The Hall–Kier alpha value is -1.39. The number of benzene rings is 1. The van der Waals surface area contributed by atoms with E-state index >= 15 is 0 Å². The predicted octanol–water partition coefficient (Wildman–Crippen LogP) is 2.04. The summed E-state index contributed by atoms with van der Waals surface area (Å²) in [6.07, 6.45) is -0.418. The first-order valence-electron chi connectivity index (χ1n) is 5.24. The first-order valence-corrected chi connectivity index (χ1v) is 5.24. The number of rotatable bonds is 7. The SMILES string of the molecule is CCCOC(OCc1ccccc1)C(=O)O. The van der Waals surface area contributed by atoms with Gasteiger partial charge >= 0.3 is 5.97 Å². The summed E-state index contributed by atoms with van der Waals surface area (Å²) in [5.41, 5.74) is 0.925. The number of hydrogen-bond acceptors (Lipinski definition) is 3. The average molecular weight is 224 g/mol. The molecule has 1 rings (SSSR count). The molecule has 1 unspecified atom stereocenters. The summed E-state index contributed by atoms with van der Waals surface area (Å²) in [5, 5.41) is 8.83. The van der Waals surface area contributed by atoms with Crippen molar-refractivity contribution in [3.05, 3.63) is 35.9 Å². The van der Waals surface area contributed by atoms with Gasteiger partial charge in [0, 0.05) is 0 Å². The minimum Gasteiger partial charge on any atom is -0.477 e. The highest BCUT2D eigenvalue weighted by molar-refractivity contribution is 5.70. The zero-order chi connectivity index (χ0) is 11.8. The number of hydrogen-bond donors (Lipinski definition) is 1. The van der Waals surface area contributed by atoms with Crippen molar-refractivity contribution in [1.82, 2.24) is 0 Å². The molecule has 1 atom stereocenters. The number of carboxylic acid groups (broad SMARTS) is 1. The second-order valence-electron chi connectivity index (χ2n) is 3.34. The van der Waals surface area contributed by atoms with Crippen LogP contribution in [0.4, 0.5) is 0 Å². The third-order valence-electron chi connectivity index (χ3n) is 1.92.